The van der Waals surface area contributed by atoms with Crippen molar-refractivity contribution in [1.82, 2.24) is 20.9 Å². The van der Waals surface area contributed by atoms with Crippen LogP contribution in [-0.4, -0.2) is 81.0 Å². The van der Waals surface area contributed by atoms with E-state index in [1.54, 1.807) is 26.3 Å². The van der Waals surface area contributed by atoms with Crippen LogP contribution in [0.5, 0.6) is 0 Å². The van der Waals surface area contributed by atoms with Crippen molar-refractivity contribution >= 4 is 52.3 Å². The largest absolute Gasteiger partial charge is 0.481 e. The maximum absolute atomic E-state index is 13.1. The fourth-order valence-electron chi connectivity index (χ4n) is 3.84. The molecule has 3 amide bonds. The minimum atomic E-state index is -1.55. The van der Waals surface area contributed by atoms with Crippen molar-refractivity contribution in [2.75, 3.05) is 12.0 Å². The van der Waals surface area contributed by atoms with Gasteiger partial charge in [-0.15, -0.1) is 0 Å². The van der Waals surface area contributed by atoms with Gasteiger partial charge in [0.25, 0.3) is 0 Å². The first-order valence-corrected chi connectivity index (χ1v) is 13.5. The molecular weight excluding hydrogens is 514 g/mol. The van der Waals surface area contributed by atoms with Crippen LogP contribution in [-0.2, 0) is 30.4 Å². The first kappa shape index (κ1) is 30.6. The summed E-state index contributed by atoms with van der Waals surface area (Å²) < 4.78 is 0. The molecule has 0 aliphatic carbocycles. The Bertz CT molecular complexity index is 1150. The predicted molar refractivity (Wildman–Crippen MR) is 143 cm³/mol. The van der Waals surface area contributed by atoms with Crippen molar-refractivity contribution in [2.24, 2.45) is 11.7 Å². The number of fused-ring (bicyclic) bond motifs is 1. The quantitative estimate of drug-likeness (QED) is 0.165. The van der Waals surface area contributed by atoms with Crippen molar-refractivity contribution < 1.29 is 34.2 Å². The van der Waals surface area contributed by atoms with E-state index in [-0.39, 0.29) is 12.8 Å². The van der Waals surface area contributed by atoms with E-state index in [0.29, 0.717) is 5.75 Å². The molecule has 0 aliphatic heterocycles. The van der Waals surface area contributed by atoms with Crippen molar-refractivity contribution in [3.8, 4) is 0 Å². The van der Waals surface area contributed by atoms with Crippen LogP contribution in [0.15, 0.2) is 30.5 Å². The first-order valence-electron chi connectivity index (χ1n) is 12.1. The summed E-state index contributed by atoms with van der Waals surface area (Å²) in [5, 5.41) is 26.8. The van der Waals surface area contributed by atoms with Crippen molar-refractivity contribution in [3.05, 3.63) is 36.0 Å². The maximum Gasteiger partial charge on any atom is 0.326 e. The van der Waals surface area contributed by atoms with E-state index in [2.05, 4.69) is 20.9 Å². The highest BCUT2D eigenvalue weighted by Gasteiger charge is 2.32. The molecule has 1 heterocycles. The van der Waals surface area contributed by atoms with Crippen LogP contribution in [0.1, 0.15) is 32.3 Å². The summed E-state index contributed by atoms with van der Waals surface area (Å²) >= 11 is 1.39. The van der Waals surface area contributed by atoms with Crippen LogP contribution < -0.4 is 21.7 Å². The van der Waals surface area contributed by atoms with Gasteiger partial charge in [0.2, 0.25) is 17.7 Å². The van der Waals surface area contributed by atoms with Crippen molar-refractivity contribution in [2.45, 2.75) is 57.3 Å². The van der Waals surface area contributed by atoms with Gasteiger partial charge in [-0.25, -0.2) is 4.79 Å². The summed E-state index contributed by atoms with van der Waals surface area (Å²) in [7, 11) is 0. The zero-order valence-corrected chi connectivity index (χ0v) is 22.3. The van der Waals surface area contributed by atoms with Crippen LogP contribution in [0.3, 0.4) is 0 Å². The van der Waals surface area contributed by atoms with Crippen LogP contribution in [0.4, 0.5) is 0 Å². The van der Waals surface area contributed by atoms with Crippen LogP contribution in [0.25, 0.3) is 10.9 Å². The Morgan fingerprint density at radius 1 is 0.974 bits per heavy atom. The third-order valence-electron chi connectivity index (χ3n) is 5.94. The minimum Gasteiger partial charge on any atom is -0.481 e. The monoisotopic (exact) mass is 549 g/mol. The Hall–Kier alpha value is -3.58. The van der Waals surface area contributed by atoms with Crippen LogP contribution in [0.2, 0.25) is 0 Å². The fraction of sp³-hybridized carbons (Fsp3) is 0.480. The number of hydrogen-bond donors (Lipinski definition) is 7. The molecule has 2 aromatic rings. The van der Waals surface area contributed by atoms with E-state index in [1.165, 1.54) is 11.8 Å². The number of H-pyrrole nitrogens is 1. The summed E-state index contributed by atoms with van der Waals surface area (Å²) in [5.74, 6) is -4.94. The number of aromatic nitrogens is 1. The van der Waals surface area contributed by atoms with E-state index < -0.39 is 66.2 Å². The second-order valence-corrected chi connectivity index (χ2v) is 10.2. The number of rotatable bonds is 15. The SMILES string of the molecule is CSCCC(NC(=O)C(CC(=O)O)NC(=O)C(NC(=O)C(N)Cc1c[nH]c2ccccc12)C(C)C)C(=O)O. The second kappa shape index (κ2) is 14.4. The average molecular weight is 550 g/mol. The van der Waals surface area contributed by atoms with E-state index in [4.69, 9.17) is 5.73 Å². The van der Waals surface area contributed by atoms with Gasteiger partial charge in [0.05, 0.1) is 12.5 Å². The molecule has 0 bridgehead atoms. The number of amides is 3. The number of hydrogen-bond acceptors (Lipinski definition) is 7. The zero-order valence-electron chi connectivity index (χ0n) is 21.5. The van der Waals surface area contributed by atoms with Gasteiger partial charge in [-0.05, 0) is 42.4 Å². The molecule has 1 aromatic heterocycles. The van der Waals surface area contributed by atoms with E-state index >= 15 is 0 Å². The summed E-state index contributed by atoms with van der Waals surface area (Å²) in [6.45, 7) is 3.34. The minimum absolute atomic E-state index is 0.120. The third kappa shape index (κ3) is 8.77. The Morgan fingerprint density at radius 2 is 1.63 bits per heavy atom. The smallest absolute Gasteiger partial charge is 0.326 e. The zero-order chi connectivity index (χ0) is 28.4. The van der Waals surface area contributed by atoms with Gasteiger partial charge >= 0.3 is 11.9 Å². The fourth-order valence-corrected chi connectivity index (χ4v) is 4.31. The molecule has 13 heteroatoms. The Morgan fingerprint density at radius 3 is 2.24 bits per heavy atom. The number of carbonyl (C=O) groups excluding carboxylic acids is 3. The molecule has 208 valence electrons. The lowest BCUT2D eigenvalue weighted by atomic mass is 10.0. The Kier molecular flexibility index (Phi) is 11.6. The molecule has 0 saturated carbocycles. The van der Waals surface area contributed by atoms with E-state index in [9.17, 15) is 34.2 Å². The summed E-state index contributed by atoms with van der Waals surface area (Å²) in [6.07, 6.45) is 3.10. The molecule has 4 atom stereocenters. The van der Waals surface area contributed by atoms with Gasteiger partial charge < -0.3 is 36.9 Å². The highest BCUT2D eigenvalue weighted by Crippen LogP contribution is 2.19. The molecule has 38 heavy (non-hydrogen) atoms. The average Bonchev–Trinajstić information content (AvgIpc) is 3.26. The number of carboxylic acids is 2. The number of benzene rings is 1. The molecule has 0 aliphatic rings. The van der Waals surface area contributed by atoms with Gasteiger partial charge in [-0.2, -0.15) is 11.8 Å². The van der Waals surface area contributed by atoms with Crippen molar-refractivity contribution in [3.63, 3.8) is 0 Å². The third-order valence-corrected chi connectivity index (χ3v) is 6.58. The number of thioether (sulfide) groups is 1. The van der Waals surface area contributed by atoms with Gasteiger partial charge in [0, 0.05) is 17.1 Å². The Labute approximate surface area is 224 Å². The van der Waals surface area contributed by atoms with Gasteiger partial charge in [0.15, 0.2) is 0 Å². The summed E-state index contributed by atoms with van der Waals surface area (Å²) in [6, 6.07) is 2.66. The van der Waals surface area contributed by atoms with Crippen LogP contribution >= 0.6 is 11.8 Å². The molecular formula is C25H35N5O7S. The predicted octanol–water partition coefficient (Wildman–Crippen LogP) is 0.461. The lowest BCUT2D eigenvalue weighted by Crippen LogP contribution is -2.59. The molecule has 2 rings (SSSR count). The van der Waals surface area contributed by atoms with E-state index in [0.717, 1.165) is 16.5 Å². The number of nitrogens with two attached hydrogens (primary N) is 1. The number of carboxylic acid groups (broad SMARTS) is 2. The topological polar surface area (TPSA) is 204 Å². The molecule has 0 spiro atoms. The number of aromatic amines is 1. The molecule has 4 unspecified atom stereocenters. The van der Waals surface area contributed by atoms with Gasteiger partial charge in [0.1, 0.15) is 18.1 Å². The summed E-state index contributed by atoms with van der Waals surface area (Å²) in [4.78, 5) is 64.6. The maximum atomic E-state index is 13.1. The molecule has 1 aromatic carbocycles. The normalized spacial score (nSPS) is 14.3. The second-order valence-electron chi connectivity index (χ2n) is 9.24. The first-order chi connectivity index (χ1) is 17.9. The highest BCUT2D eigenvalue weighted by atomic mass is 32.2. The number of nitrogens with one attached hydrogen (secondary N) is 4. The lowest BCUT2D eigenvalue weighted by Gasteiger charge is -2.26. The number of aliphatic carboxylic acids is 2. The van der Waals surface area contributed by atoms with Gasteiger partial charge in [-0.1, -0.05) is 32.0 Å². The Balaban J connectivity index is 2.09. The highest BCUT2D eigenvalue weighted by molar-refractivity contribution is 7.98. The molecule has 0 radical (unpaired) electrons. The molecule has 0 fully saturated rings. The van der Waals surface area contributed by atoms with Crippen molar-refractivity contribution in [1.29, 1.82) is 0 Å². The molecule has 12 nitrogen and oxygen atoms in total. The molecule has 8 N–H and O–H groups in total. The van der Waals surface area contributed by atoms with E-state index in [1.807, 2.05) is 24.3 Å². The summed E-state index contributed by atoms with van der Waals surface area (Å²) in [5.41, 5.74) is 7.86. The number of carbonyl (C=O) groups is 5. The molecule has 0 saturated heterocycles. The van der Waals surface area contributed by atoms with Gasteiger partial charge in [-0.3, -0.25) is 19.2 Å². The standard InChI is InChI=1S/C25H35N5O7S/c1-13(2)21(30-22(33)16(26)10-14-12-27-17-7-5-4-6-15(14)17)24(35)29-19(11-20(31)32)23(34)28-18(25(36)37)8-9-38-3/h4-7,12-13,16,18-19,21,27H,8-11,26H2,1-3H3,(H,28,34)(H,29,35)(H,30,33)(H,31,32)(H,36,37). The lowest BCUT2D eigenvalue weighted by molar-refractivity contribution is -0.143. The number of para-hydroxylation sites is 1. The van der Waals surface area contributed by atoms with Crippen LogP contribution in [0, 0.1) is 5.92 Å².